The normalized spacial score (nSPS) is 10.0. The van der Waals surface area contributed by atoms with Gasteiger partial charge in [0.15, 0.2) is 0 Å². The van der Waals surface area contributed by atoms with Crippen molar-refractivity contribution in [2.24, 2.45) is 0 Å². The lowest BCUT2D eigenvalue weighted by Crippen LogP contribution is -2.15. The number of hydrogen-bond acceptors (Lipinski definition) is 3. The molecule has 0 fully saturated rings. The highest BCUT2D eigenvalue weighted by Crippen LogP contribution is 2.20. The van der Waals surface area contributed by atoms with Crippen molar-refractivity contribution < 1.29 is 5.11 Å². The molecule has 0 aliphatic rings. The predicted molar refractivity (Wildman–Crippen MR) is 90.8 cm³/mol. The summed E-state index contributed by atoms with van der Waals surface area (Å²) in [7, 11) is 2.11. The Kier molecular flexibility index (Phi) is 5.86. The fourth-order valence-corrected chi connectivity index (χ4v) is 2.93. The highest BCUT2D eigenvalue weighted by Gasteiger charge is 2.04. The lowest BCUT2D eigenvalue weighted by molar-refractivity contribution is 0.305. The molecule has 0 aliphatic heterocycles. The van der Waals surface area contributed by atoms with E-state index in [2.05, 4.69) is 66.4 Å². The molecule has 0 unspecified atom stereocenters. The Bertz CT molecular complexity index is 619. The highest BCUT2D eigenvalue weighted by molar-refractivity contribution is 7.10. The van der Waals surface area contributed by atoms with Gasteiger partial charge < -0.3 is 10.0 Å². The molecule has 0 radical (unpaired) electrons. The summed E-state index contributed by atoms with van der Waals surface area (Å²) < 4.78 is 0. The van der Waals surface area contributed by atoms with E-state index in [1.807, 2.05) is 0 Å². The third-order valence-electron chi connectivity index (χ3n) is 3.30. The lowest BCUT2D eigenvalue weighted by atomic mass is 10.1. The number of aryl methyl sites for hydroxylation is 1. The average Bonchev–Trinajstić information content (AvgIpc) is 2.95. The van der Waals surface area contributed by atoms with Gasteiger partial charge in [-0.05, 0) is 30.2 Å². The maximum absolute atomic E-state index is 8.73. The van der Waals surface area contributed by atoms with Crippen LogP contribution in [0.2, 0.25) is 0 Å². The lowest BCUT2D eigenvalue weighted by Gasteiger charge is -2.18. The molecule has 3 heteroatoms. The summed E-state index contributed by atoms with van der Waals surface area (Å²) in [5.41, 5.74) is 3.64. The summed E-state index contributed by atoms with van der Waals surface area (Å²) in [4.78, 5) is 3.54. The topological polar surface area (TPSA) is 23.5 Å². The molecule has 110 valence electrons. The van der Waals surface area contributed by atoms with Gasteiger partial charge in [0.1, 0.15) is 0 Å². The van der Waals surface area contributed by atoms with Crippen LogP contribution in [0.1, 0.15) is 29.3 Å². The van der Waals surface area contributed by atoms with E-state index >= 15 is 0 Å². The molecule has 21 heavy (non-hydrogen) atoms. The van der Waals surface area contributed by atoms with Crippen molar-refractivity contribution in [3.63, 3.8) is 0 Å². The van der Waals surface area contributed by atoms with Crippen molar-refractivity contribution in [1.29, 1.82) is 0 Å². The third-order valence-corrected chi connectivity index (χ3v) is 4.22. The van der Waals surface area contributed by atoms with Crippen LogP contribution in [0.3, 0.4) is 0 Å². The van der Waals surface area contributed by atoms with Crippen LogP contribution < -0.4 is 4.90 Å². The summed E-state index contributed by atoms with van der Waals surface area (Å²) in [6, 6.07) is 10.9. The Morgan fingerprint density at radius 3 is 2.67 bits per heavy atom. The van der Waals surface area contributed by atoms with E-state index in [1.165, 1.54) is 16.1 Å². The van der Waals surface area contributed by atoms with Crippen LogP contribution in [0.25, 0.3) is 0 Å². The molecule has 1 aromatic carbocycles. The molecule has 0 saturated heterocycles. The molecule has 2 rings (SSSR count). The molecule has 1 heterocycles. The van der Waals surface area contributed by atoms with Crippen LogP contribution in [0, 0.1) is 11.8 Å². The first-order valence-corrected chi connectivity index (χ1v) is 8.08. The standard InChI is InChI=1S/C18H21NOS/c1-3-15-7-9-17(10-8-15)19(2)13-18-12-16(14-21-18)6-4-5-11-20/h7-10,12,14,20H,3,5,11,13H2,1-2H3. The monoisotopic (exact) mass is 299 g/mol. The highest BCUT2D eigenvalue weighted by atomic mass is 32.1. The summed E-state index contributed by atoms with van der Waals surface area (Å²) in [6.45, 7) is 3.18. The zero-order valence-electron chi connectivity index (χ0n) is 12.6. The van der Waals surface area contributed by atoms with E-state index < -0.39 is 0 Å². The average molecular weight is 299 g/mol. The number of aliphatic hydroxyl groups is 1. The van der Waals surface area contributed by atoms with Gasteiger partial charge in [0.05, 0.1) is 13.2 Å². The Hall–Kier alpha value is -1.76. The van der Waals surface area contributed by atoms with Crippen molar-refractivity contribution in [3.05, 3.63) is 51.7 Å². The SMILES string of the molecule is CCc1ccc(N(C)Cc2cc(C#CCCO)cs2)cc1. The van der Waals surface area contributed by atoms with E-state index in [4.69, 9.17) is 5.11 Å². The number of aliphatic hydroxyl groups excluding tert-OH is 1. The number of hydrogen-bond donors (Lipinski definition) is 1. The zero-order valence-corrected chi connectivity index (χ0v) is 13.4. The van der Waals surface area contributed by atoms with Gasteiger partial charge in [-0.1, -0.05) is 30.9 Å². The van der Waals surface area contributed by atoms with Gasteiger partial charge in [0, 0.05) is 35.0 Å². The number of thiophene rings is 1. The van der Waals surface area contributed by atoms with Crippen molar-refractivity contribution in [2.45, 2.75) is 26.3 Å². The number of rotatable bonds is 5. The quantitative estimate of drug-likeness (QED) is 0.851. The largest absolute Gasteiger partial charge is 0.395 e. The number of nitrogens with zero attached hydrogens (tertiary/aromatic N) is 1. The van der Waals surface area contributed by atoms with Gasteiger partial charge in [-0.2, -0.15) is 0 Å². The van der Waals surface area contributed by atoms with Gasteiger partial charge in [-0.25, -0.2) is 0 Å². The first-order valence-electron chi connectivity index (χ1n) is 7.20. The van der Waals surface area contributed by atoms with E-state index in [-0.39, 0.29) is 6.61 Å². The van der Waals surface area contributed by atoms with Gasteiger partial charge in [-0.15, -0.1) is 11.3 Å². The van der Waals surface area contributed by atoms with Crippen molar-refractivity contribution >= 4 is 17.0 Å². The van der Waals surface area contributed by atoms with E-state index in [1.54, 1.807) is 11.3 Å². The Labute approximate surface area is 131 Å². The Morgan fingerprint density at radius 2 is 2.00 bits per heavy atom. The molecule has 0 spiro atoms. The minimum absolute atomic E-state index is 0.125. The van der Waals surface area contributed by atoms with Gasteiger partial charge in [0.2, 0.25) is 0 Å². The summed E-state index contributed by atoms with van der Waals surface area (Å²) >= 11 is 1.73. The molecular weight excluding hydrogens is 278 g/mol. The fourth-order valence-electron chi connectivity index (χ4n) is 2.06. The Morgan fingerprint density at radius 1 is 1.24 bits per heavy atom. The van der Waals surface area contributed by atoms with Crippen molar-refractivity contribution in [3.8, 4) is 11.8 Å². The first-order chi connectivity index (χ1) is 10.2. The van der Waals surface area contributed by atoms with E-state index in [9.17, 15) is 0 Å². The molecule has 2 nitrogen and oxygen atoms in total. The van der Waals surface area contributed by atoms with Crippen LogP contribution in [0.4, 0.5) is 5.69 Å². The minimum atomic E-state index is 0.125. The third kappa shape index (κ3) is 4.63. The second-order valence-corrected chi connectivity index (χ2v) is 5.95. The van der Waals surface area contributed by atoms with E-state index in [0.29, 0.717) is 6.42 Å². The maximum atomic E-state index is 8.73. The van der Waals surface area contributed by atoms with E-state index in [0.717, 1.165) is 18.5 Å². The maximum Gasteiger partial charge on any atom is 0.0540 e. The van der Waals surface area contributed by atoms with Crippen LogP contribution in [-0.4, -0.2) is 18.8 Å². The molecule has 0 atom stereocenters. The predicted octanol–water partition coefficient (Wildman–Crippen LogP) is 3.68. The van der Waals surface area contributed by atoms with Gasteiger partial charge >= 0.3 is 0 Å². The van der Waals surface area contributed by atoms with Crippen LogP contribution in [0.5, 0.6) is 0 Å². The summed E-state index contributed by atoms with van der Waals surface area (Å²) in [5.74, 6) is 6.03. The molecule has 0 amide bonds. The molecule has 0 bridgehead atoms. The molecule has 1 aromatic heterocycles. The van der Waals surface area contributed by atoms with Crippen LogP contribution in [0.15, 0.2) is 35.7 Å². The minimum Gasteiger partial charge on any atom is -0.395 e. The summed E-state index contributed by atoms with van der Waals surface area (Å²) in [5, 5.41) is 10.8. The first kappa shape index (κ1) is 15.6. The fraction of sp³-hybridized carbons (Fsp3) is 0.333. The van der Waals surface area contributed by atoms with Crippen LogP contribution >= 0.6 is 11.3 Å². The van der Waals surface area contributed by atoms with Crippen molar-refractivity contribution in [1.82, 2.24) is 0 Å². The molecule has 0 saturated carbocycles. The van der Waals surface area contributed by atoms with Crippen molar-refractivity contribution in [2.75, 3.05) is 18.6 Å². The molecule has 1 N–H and O–H groups in total. The second-order valence-electron chi connectivity index (χ2n) is 4.95. The Balaban J connectivity index is 1.99. The second kappa shape index (κ2) is 7.87. The zero-order chi connectivity index (χ0) is 15.1. The number of benzene rings is 1. The summed E-state index contributed by atoms with van der Waals surface area (Å²) in [6.07, 6.45) is 1.61. The molecule has 2 aromatic rings. The smallest absolute Gasteiger partial charge is 0.0540 e. The molecular formula is C18H21NOS. The van der Waals surface area contributed by atoms with Crippen LogP contribution in [-0.2, 0) is 13.0 Å². The molecule has 0 aliphatic carbocycles. The number of anilines is 1. The van der Waals surface area contributed by atoms with Gasteiger partial charge in [-0.3, -0.25) is 0 Å². The van der Waals surface area contributed by atoms with Gasteiger partial charge in [0.25, 0.3) is 0 Å².